The summed E-state index contributed by atoms with van der Waals surface area (Å²) < 4.78 is 11.7. The van der Waals surface area contributed by atoms with Crippen LogP contribution in [0.4, 0.5) is 0 Å². The number of fused-ring (bicyclic) bond motifs is 1. The molecular formula is C29H40Cl2N4O2. The second-order valence-electron chi connectivity index (χ2n) is 9.98. The number of ether oxygens (including phenoxy) is 1. The van der Waals surface area contributed by atoms with Crippen LogP contribution < -0.4 is 10.1 Å². The molecule has 2 aliphatic rings. The van der Waals surface area contributed by atoms with Crippen molar-refractivity contribution in [2.75, 3.05) is 33.8 Å². The van der Waals surface area contributed by atoms with Crippen LogP contribution in [0.3, 0.4) is 0 Å². The van der Waals surface area contributed by atoms with Crippen molar-refractivity contribution in [1.29, 1.82) is 5.26 Å². The van der Waals surface area contributed by atoms with E-state index in [2.05, 4.69) is 46.6 Å². The molecule has 0 radical (unpaired) electrons. The maximum absolute atomic E-state index is 9.32. The van der Waals surface area contributed by atoms with Gasteiger partial charge in [0.2, 0.25) is 0 Å². The number of benzene rings is 2. The molecule has 1 aliphatic heterocycles. The fourth-order valence-electron chi connectivity index (χ4n) is 4.78. The summed E-state index contributed by atoms with van der Waals surface area (Å²) in [4.78, 5) is 2.48. The molecule has 1 N–H and O–H groups in total. The molecule has 3 aromatic rings. The van der Waals surface area contributed by atoms with Gasteiger partial charge in [-0.3, -0.25) is 4.90 Å². The second-order valence-corrected chi connectivity index (χ2v) is 9.98. The van der Waals surface area contributed by atoms with Gasteiger partial charge in [0.05, 0.1) is 23.9 Å². The Balaban J connectivity index is 0.000000919. The predicted molar refractivity (Wildman–Crippen MR) is 154 cm³/mol. The van der Waals surface area contributed by atoms with Gasteiger partial charge in [-0.25, -0.2) is 0 Å². The molecule has 1 aromatic heterocycles. The molecule has 0 amide bonds. The Labute approximate surface area is 233 Å². The monoisotopic (exact) mass is 546 g/mol. The van der Waals surface area contributed by atoms with Crippen LogP contribution >= 0.6 is 24.8 Å². The van der Waals surface area contributed by atoms with Gasteiger partial charge in [0.1, 0.15) is 5.75 Å². The summed E-state index contributed by atoms with van der Waals surface area (Å²) >= 11 is 0. The van der Waals surface area contributed by atoms with Crippen molar-refractivity contribution in [3.63, 3.8) is 0 Å². The summed E-state index contributed by atoms with van der Waals surface area (Å²) in [6.45, 7) is 5.93. The molecule has 6 nitrogen and oxygen atoms in total. The molecule has 0 spiro atoms. The number of halogens is 2. The number of hydrogen-bond acceptors (Lipinski definition) is 6. The highest BCUT2D eigenvalue weighted by Crippen LogP contribution is 2.34. The molecule has 5 rings (SSSR count). The maximum Gasteiger partial charge on any atom is 0.173 e. The molecule has 0 unspecified atom stereocenters. The summed E-state index contributed by atoms with van der Waals surface area (Å²) in [5.74, 6) is 2.38. The lowest BCUT2D eigenvalue weighted by Crippen LogP contribution is -2.33. The van der Waals surface area contributed by atoms with E-state index in [0.29, 0.717) is 5.92 Å². The fraction of sp³-hybridized carbons (Fsp3) is 0.517. The van der Waals surface area contributed by atoms with Crippen molar-refractivity contribution in [2.24, 2.45) is 11.8 Å². The fourth-order valence-corrected chi connectivity index (χ4v) is 4.78. The zero-order valence-corrected chi connectivity index (χ0v) is 23.8. The van der Waals surface area contributed by atoms with Gasteiger partial charge < -0.3 is 14.6 Å². The van der Waals surface area contributed by atoms with Crippen molar-refractivity contribution in [3.8, 4) is 11.8 Å². The van der Waals surface area contributed by atoms with Crippen LogP contribution in [0.25, 0.3) is 11.0 Å². The van der Waals surface area contributed by atoms with Gasteiger partial charge in [0.25, 0.3) is 0 Å². The predicted octanol–water partition coefficient (Wildman–Crippen LogP) is 6.32. The highest BCUT2D eigenvalue weighted by Gasteiger charge is 2.24. The van der Waals surface area contributed by atoms with E-state index >= 15 is 0 Å². The Hall–Kier alpha value is -2.30. The average Bonchev–Trinajstić information content (AvgIpc) is 3.62. The minimum Gasteiger partial charge on any atom is -0.493 e. The molecular weight excluding hydrogens is 507 g/mol. The van der Waals surface area contributed by atoms with E-state index in [0.717, 1.165) is 84.1 Å². The zero-order valence-electron chi connectivity index (χ0n) is 22.2. The van der Waals surface area contributed by atoms with Crippen molar-refractivity contribution in [3.05, 3.63) is 58.8 Å². The van der Waals surface area contributed by atoms with Crippen LogP contribution in [-0.4, -0.2) is 43.8 Å². The smallest absolute Gasteiger partial charge is 0.173 e. The normalized spacial score (nSPS) is 15.6. The van der Waals surface area contributed by atoms with Gasteiger partial charge >= 0.3 is 0 Å². The second kappa shape index (κ2) is 15.2. The highest BCUT2D eigenvalue weighted by molar-refractivity contribution is 5.86. The third-order valence-electron chi connectivity index (χ3n) is 7.11. The number of aryl methyl sites for hydroxylation is 2. The van der Waals surface area contributed by atoms with Crippen LogP contribution in [0, 0.1) is 30.1 Å². The molecule has 2 fully saturated rings. The molecule has 1 saturated carbocycles. The lowest BCUT2D eigenvalue weighted by molar-refractivity contribution is 0.172. The van der Waals surface area contributed by atoms with Crippen LogP contribution in [0.15, 0.2) is 40.9 Å². The number of hydrogen-bond donors (Lipinski definition) is 1. The molecule has 0 atom stereocenters. The van der Waals surface area contributed by atoms with Crippen LogP contribution in [0.1, 0.15) is 54.5 Å². The van der Waals surface area contributed by atoms with Crippen LogP contribution in [0.5, 0.6) is 5.75 Å². The SMILES string of the molecule is CNC.Cc1c(OCC2CC2)ccc2c(CCC3CCN(Cc4ccccc4C#N)CC3)noc12.Cl.Cl. The molecule has 37 heavy (non-hydrogen) atoms. The number of piperidine rings is 1. The molecule has 2 aromatic carbocycles. The van der Waals surface area contributed by atoms with Crippen LogP contribution in [0.2, 0.25) is 0 Å². The minimum atomic E-state index is 0. The first kappa shape index (κ1) is 30.9. The van der Waals surface area contributed by atoms with Crippen molar-refractivity contribution in [1.82, 2.24) is 15.4 Å². The zero-order chi connectivity index (χ0) is 24.6. The Morgan fingerprint density at radius 2 is 1.76 bits per heavy atom. The van der Waals surface area contributed by atoms with E-state index in [9.17, 15) is 5.26 Å². The summed E-state index contributed by atoms with van der Waals surface area (Å²) in [6, 6.07) is 14.5. The topological polar surface area (TPSA) is 74.3 Å². The van der Waals surface area contributed by atoms with Gasteiger partial charge in [0.15, 0.2) is 5.58 Å². The number of rotatable bonds is 8. The molecule has 2 heterocycles. The van der Waals surface area contributed by atoms with E-state index in [-0.39, 0.29) is 24.8 Å². The first-order valence-electron chi connectivity index (χ1n) is 12.9. The standard InChI is InChI=1S/C27H31N3O2.C2H7N.2ClH/c1-19-26(31-18-21-6-7-21)11-9-24-25(29-32-27(19)24)10-8-20-12-14-30(15-13-20)17-23-5-3-2-4-22(23)16-28;1-3-2;;/h2-5,9,11,20-21H,6-8,10,12-15,17-18H2,1H3;3H,1-2H3;2*1H. The van der Waals surface area contributed by atoms with Crippen molar-refractivity contribution < 1.29 is 9.26 Å². The van der Waals surface area contributed by atoms with Gasteiger partial charge in [0, 0.05) is 17.5 Å². The molecule has 1 saturated heterocycles. The molecule has 1 aliphatic carbocycles. The maximum atomic E-state index is 9.32. The lowest BCUT2D eigenvalue weighted by Gasteiger charge is -2.32. The van der Waals surface area contributed by atoms with Crippen molar-refractivity contribution in [2.45, 2.75) is 52.0 Å². The van der Waals surface area contributed by atoms with E-state index in [1.165, 1.54) is 25.7 Å². The van der Waals surface area contributed by atoms with E-state index in [4.69, 9.17) is 9.26 Å². The number of nitrogens with zero attached hydrogens (tertiary/aromatic N) is 3. The molecule has 0 bridgehead atoms. The largest absolute Gasteiger partial charge is 0.493 e. The Morgan fingerprint density at radius 1 is 1.05 bits per heavy atom. The van der Waals surface area contributed by atoms with E-state index in [1.807, 2.05) is 32.3 Å². The van der Waals surface area contributed by atoms with Gasteiger partial charge in [-0.1, -0.05) is 23.4 Å². The van der Waals surface area contributed by atoms with Gasteiger partial charge in [-0.15, -0.1) is 24.8 Å². The number of aromatic nitrogens is 1. The molecule has 202 valence electrons. The third kappa shape index (κ3) is 8.35. The molecule has 8 heteroatoms. The Morgan fingerprint density at radius 3 is 2.43 bits per heavy atom. The van der Waals surface area contributed by atoms with Crippen LogP contribution in [-0.2, 0) is 13.0 Å². The Kier molecular flexibility index (Phi) is 12.7. The minimum absolute atomic E-state index is 0. The quantitative estimate of drug-likeness (QED) is 0.356. The highest BCUT2D eigenvalue weighted by atomic mass is 35.5. The average molecular weight is 548 g/mol. The summed E-state index contributed by atoms with van der Waals surface area (Å²) in [5, 5.41) is 17.6. The Bertz CT molecular complexity index is 1150. The van der Waals surface area contributed by atoms with Gasteiger partial charge in [-0.05, 0) is 108 Å². The summed E-state index contributed by atoms with van der Waals surface area (Å²) in [5.41, 5.74) is 4.94. The van der Waals surface area contributed by atoms with Gasteiger partial charge in [-0.2, -0.15) is 5.26 Å². The number of nitriles is 1. The third-order valence-corrected chi connectivity index (χ3v) is 7.11. The van der Waals surface area contributed by atoms with E-state index in [1.54, 1.807) is 0 Å². The first-order valence-corrected chi connectivity index (χ1v) is 12.9. The summed E-state index contributed by atoms with van der Waals surface area (Å²) in [7, 11) is 3.75. The number of likely N-dealkylation sites (tertiary alicyclic amines) is 1. The first-order chi connectivity index (χ1) is 17.1. The lowest BCUT2D eigenvalue weighted by atomic mass is 9.90. The van der Waals surface area contributed by atoms with E-state index < -0.39 is 0 Å². The number of nitrogens with one attached hydrogen (secondary N) is 1. The summed E-state index contributed by atoms with van der Waals surface area (Å²) in [6.07, 6.45) is 7.07. The van der Waals surface area contributed by atoms with Crippen molar-refractivity contribution >= 4 is 35.8 Å².